The van der Waals surface area contributed by atoms with Crippen LogP contribution in [0.25, 0.3) is 0 Å². The van der Waals surface area contributed by atoms with Crippen molar-refractivity contribution in [2.75, 3.05) is 39.8 Å². The number of nitrogens with zero attached hydrogens (tertiary/aromatic N) is 3. The lowest BCUT2D eigenvalue weighted by Gasteiger charge is -2.41. The maximum Gasteiger partial charge on any atom is 0.222 e. The predicted octanol–water partition coefficient (Wildman–Crippen LogP) is 1.42. The molecule has 0 aromatic heterocycles. The Morgan fingerprint density at radius 3 is 2.67 bits per heavy atom. The molecule has 1 atom stereocenters. The average Bonchev–Trinajstić information content (AvgIpc) is 2.88. The van der Waals surface area contributed by atoms with Gasteiger partial charge in [0.05, 0.1) is 0 Å². The van der Waals surface area contributed by atoms with Gasteiger partial charge in [-0.15, -0.1) is 0 Å². The molecule has 21 heavy (non-hydrogen) atoms. The molecule has 3 rings (SSSR count). The number of amides is 1. The third-order valence-electron chi connectivity index (χ3n) is 4.64. The van der Waals surface area contributed by atoms with Crippen LogP contribution in [0, 0.1) is 0 Å². The summed E-state index contributed by atoms with van der Waals surface area (Å²) in [5, 5.41) is 0. The lowest BCUT2D eigenvalue weighted by atomic mass is 10.1. The third-order valence-corrected chi connectivity index (χ3v) is 4.64. The Balaban J connectivity index is 1.66. The van der Waals surface area contributed by atoms with Crippen molar-refractivity contribution in [2.45, 2.75) is 25.4 Å². The summed E-state index contributed by atoms with van der Waals surface area (Å²) in [6, 6.07) is 11.1. The quantitative estimate of drug-likeness (QED) is 0.838. The van der Waals surface area contributed by atoms with E-state index in [-0.39, 0.29) is 0 Å². The standard InChI is InChI=1S/C17H25N3O/c1-18-10-11-19(12-15-6-3-2-4-7-15)16(13-18)14-20-9-5-8-17(20)21/h2-4,6-7,16H,5,8-14H2,1H3. The molecule has 0 radical (unpaired) electrons. The maximum absolute atomic E-state index is 11.9. The van der Waals surface area contributed by atoms with Crippen molar-refractivity contribution in [2.24, 2.45) is 0 Å². The van der Waals surface area contributed by atoms with Gasteiger partial charge >= 0.3 is 0 Å². The van der Waals surface area contributed by atoms with Crippen LogP contribution in [0.1, 0.15) is 18.4 Å². The van der Waals surface area contributed by atoms with Gasteiger partial charge in [-0.05, 0) is 19.0 Å². The highest BCUT2D eigenvalue weighted by atomic mass is 16.2. The van der Waals surface area contributed by atoms with Gasteiger partial charge in [-0.1, -0.05) is 30.3 Å². The molecule has 4 nitrogen and oxygen atoms in total. The summed E-state index contributed by atoms with van der Waals surface area (Å²) < 4.78 is 0. The first-order valence-electron chi connectivity index (χ1n) is 7.96. The number of piperazine rings is 1. The van der Waals surface area contributed by atoms with Gasteiger partial charge in [-0.2, -0.15) is 0 Å². The monoisotopic (exact) mass is 287 g/mol. The molecule has 2 aliphatic rings. The SMILES string of the molecule is CN1CCN(Cc2ccccc2)C(CN2CCCC2=O)C1. The van der Waals surface area contributed by atoms with Crippen LogP contribution in [0.5, 0.6) is 0 Å². The van der Waals surface area contributed by atoms with Crippen molar-refractivity contribution in [3.8, 4) is 0 Å². The Morgan fingerprint density at radius 1 is 1.14 bits per heavy atom. The largest absolute Gasteiger partial charge is 0.341 e. The van der Waals surface area contributed by atoms with Gasteiger partial charge in [0.15, 0.2) is 0 Å². The Labute approximate surface area is 127 Å². The smallest absolute Gasteiger partial charge is 0.222 e. The lowest BCUT2D eigenvalue weighted by Crippen LogP contribution is -2.55. The van der Waals surface area contributed by atoms with E-state index >= 15 is 0 Å². The van der Waals surface area contributed by atoms with Gasteiger partial charge < -0.3 is 9.80 Å². The molecule has 2 fully saturated rings. The fraction of sp³-hybridized carbons (Fsp3) is 0.588. The van der Waals surface area contributed by atoms with E-state index in [1.807, 2.05) is 0 Å². The molecule has 0 N–H and O–H groups in total. The van der Waals surface area contributed by atoms with Gasteiger partial charge in [-0.3, -0.25) is 9.69 Å². The van der Waals surface area contributed by atoms with Crippen molar-refractivity contribution < 1.29 is 4.79 Å². The van der Waals surface area contributed by atoms with E-state index in [2.05, 4.69) is 52.1 Å². The van der Waals surface area contributed by atoms with Crippen LogP contribution in [-0.2, 0) is 11.3 Å². The molecule has 0 aliphatic carbocycles. The van der Waals surface area contributed by atoms with Crippen molar-refractivity contribution in [3.05, 3.63) is 35.9 Å². The molecule has 2 aliphatic heterocycles. The van der Waals surface area contributed by atoms with E-state index in [0.717, 1.165) is 52.1 Å². The fourth-order valence-corrected chi connectivity index (χ4v) is 3.40. The van der Waals surface area contributed by atoms with Crippen molar-refractivity contribution in [1.82, 2.24) is 14.7 Å². The van der Waals surface area contributed by atoms with Crippen molar-refractivity contribution in [1.29, 1.82) is 0 Å². The van der Waals surface area contributed by atoms with E-state index < -0.39 is 0 Å². The van der Waals surface area contributed by atoms with Gasteiger partial charge in [0.2, 0.25) is 5.91 Å². The number of hydrogen-bond donors (Lipinski definition) is 0. The molecule has 1 unspecified atom stereocenters. The van der Waals surface area contributed by atoms with Gasteiger partial charge in [0, 0.05) is 51.7 Å². The summed E-state index contributed by atoms with van der Waals surface area (Å²) in [6.07, 6.45) is 1.77. The van der Waals surface area contributed by atoms with Crippen molar-refractivity contribution in [3.63, 3.8) is 0 Å². The topological polar surface area (TPSA) is 26.8 Å². The summed E-state index contributed by atoms with van der Waals surface area (Å²) in [6.45, 7) is 6.06. The van der Waals surface area contributed by atoms with Crippen LogP contribution in [0.2, 0.25) is 0 Å². The molecule has 2 saturated heterocycles. The Kier molecular flexibility index (Phi) is 4.56. The first-order valence-corrected chi connectivity index (χ1v) is 7.96. The molecule has 1 aromatic rings. The van der Waals surface area contributed by atoms with Gasteiger partial charge in [0.1, 0.15) is 0 Å². The zero-order valence-electron chi connectivity index (χ0n) is 12.9. The first-order chi connectivity index (χ1) is 10.2. The number of rotatable bonds is 4. The fourth-order valence-electron chi connectivity index (χ4n) is 3.40. The highest BCUT2D eigenvalue weighted by Crippen LogP contribution is 2.17. The molecular weight excluding hydrogens is 262 g/mol. The van der Waals surface area contributed by atoms with Crippen molar-refractivity contribution >= 4 is 5.91 Å². The number of carbonyl (C=O) groups is 1. The lowest BCUT2D eigenvalue weighted by molar-refractivity contribution is -0.128. The summed E-state index contributed by atoms with van der Waals surface area (Å²) in [5.74, 6) is 0.336. The minimum Gasteiger partial charge on any atom is -0.341 e. The zero-order chi connectivity index (χ0) is 14.7. The van der Waals surface area contributed by atoms with E-state index in [0.29, 0.717) is 11.9 Å². The van der Waals surface area contributed by atoms with E-state index in [1.165, 1.54) is 5.56 Å². The summed E-state index contributed by atoms with van der Waals surface area (Å²) >= 11 is 0. The maximum atomic E-state index is 11.9. The molecular formula is C17H25N3O. The van der Waals surface area contributed by atoms with Gasteiger partial charge in [-0.25, -0.2) is 0 Å². The minimum absolute atomic E-state index is 0.336. The predicted molar refractivity (Wildman–Crippen MR) is 84.0 cm³/mol. The molecule has 2 heterocycles. The second kappa shape index (κ2) is 6.58. The Morgan fingerprint density at radius 2 is 1.95 bits per heavy atom. The van der Waals surface area contributed by atoms with Crippen LogP contribution in [-0.4, -0.2) is 66.4 Å². The Hall–Kier alpha value is -1.39. The van der Waals surface area contributed by atoms with Crippen LogP contribution in [0.4, 0.5) is 0 Å². The number of likely N-dealkylation sites (N-methyl/N-ethyl adjacent to an activating group) is 1. The highest BCUT2D eigenvalue weighted by molar-refractivity contribution is 5.78. The normalized spacial score (nSPS) is 24.7. The summed E-state index contributed by atoms with van der Waals surface area (Å²) in [7, 11) is 2.18. The van der Waals surface area contributed by atoms with Crippen LogP contribution in [0.15, 0.2) is 30.3 Å². The van der Waals surface area contributed by atoms with E-state index in [1.54, 1.807) is 0 Å². The van der Waals surface area contributed by atoms with Crippen LogP contribution in [0.3, 0.4) is 0 Å². The van der Waals surface area contributed by atoms with Crippen LogP contribution >= 0.6 is 0 Å². The number of likely N-dealkylation sites (tertiary alicyclic amines) is 1. The highest BCUT2D eigenvalue weighted by Gasteiger charge is 2.30. The summed E-state index contributed by atoms with van der Waals surface area (Å²) in [5.41, 5.74) is 1.36. The third kappa shape index (κ3) is 3.63. The number of carbonyl (C=O) groups excluding carboxylic acids is 1. The van der Waals surface area contributed by atoms with E-state index in [4.69, 9.17) is 0 Å². The van der Waals surface area contributed by atoms with E-state index in [9.17, 15) is 4.79 Å². The summed E-state index contributed by atoms with van der Waals surface area (Å²) in [4.78, 5) is 18.9. The average molecular weight is 287 g/mol. The molecule has 0 bridgehead atoms. The molecule has 0 spiro atoms. The molecule has 4 heteroatoms. The van der Waals surface area contributed by atoms with Gasteiger partial charge in [0.25, 0.3) is 0 Å². The second-order valence-corrected chi connectivity index (χ2v) is 6.32. The second-order valence-electron chi connectivity index (χ2n) is 6.32. The Bertz CT molecular complexity index is 476. The molecule has 1 aromatic carbocycles. The first kappa shape index (κ1) is 14.5. The van der Waals surface area contributed by atoms with Crippen LogP contribution < -0.4 is 0 Å². The number of benzene rings is 1. The molecule has 0 saturated carbocycles. The number of hydrogen-bond acceptors (Lipinski definition) is 3. The minimum atomic E-state index is 0.336. The molecule has 114 valence electrons. The zero-order valence-corrected chi connectivity index (χ0v) is 12.9. The molecule has 1 amide bonds.